The van der Waals surface area contributed by atoms with Crippen LogP contribution in [0.2, 0.25) is 77.6 Å². The first-order valence-electron chi connectivity index (χ1n) is 11.8. The van der Waals surface area contributed by atoms with Crippen LogP contribution in [-0.4, -0.2) is 33.3 Å². The van der Waals surface area contributed by atoms with Gasteiger partial charge in [0.2, 0.25) is 0 Å². The molecule has 0 saturated heterocycles. The van der Waals surface area contributed by atoms with Crippen LogP contribution in [0.3, 0.4) is 0 Å². The van der Waals surface area contributed by atoms with Gasteiger partial charge in [-0.15, -0.1) is 0 Å². The number of aryl methyl sites for hydroxylation is 2. The Kier molecular flexibility index (Phi) is 10.4. The Labute approximate surface area is 201 Å². The summed E-state index contributed by atoms with van der Waals surface area (Å²) in [5, 5.41) is 19.0. The lowest BCUT2D eigenvalue weighted by atomic mass is 9.94. The molecule has 0 saturated carbocycles. The Morgan fingerprint density at radius 3 is 1.19 bits per heavy atom. The topological polar surface area (TPSA) is 66.0 Å². The summed E-state index contributed by atoms with van der Waals surface area (Å²) in [6.07, 6.45) is 4.00. The zero-order valence-corrected chi connectivity index (χ0v) is 26.1. The minimum absolute atomic E-state index is 0.498. The van der Waals surface area contributed by atoms with Crippen LogP contribution >= 0.6 is 0 Å². The van der Waals surface area contributed by atoms with Crippen molar-refractivity contribution in [2.24, 2.45) is 0 Å². The summed E-state index contributed by atoms with van der Waals surface area (Å²) in [6.45, 7) is 22.8. The normalized spacial score (nSPS) is 13.0. The van der Waals surface area contributed by atoms with Gasteiger partial charge < -0.3 is 8.23 Å². The van der Waals surface area contributed by atoms with E-state index in [1.165, 1.54) is 11.1 Å². The lowest BCUT2D eigenvalue weighted by molar-refractivity contribution is 0.541. The predicted molar refractivity (Wildman–Crippen MR) is 146 cm³/mol. The third kappa shape index (κ3) is 11.2. The Morgan fingerprint density at radius 2 is 0.938 bits per heavy atom. The van der Waals surface area contributed by atoms with Gasteiger partial charge in [0, 0.05) is 0 Å². The van der Waals surface area contributed by atoms with E-state index in [1.807, 2.05) is 12.1 Å². The largest absolute Gasteiger partial charge is 0.456 e. The Morgan fingerprint density at radius 1 is 0.625 bits per heavy atom. The summed E-state index contributed by atoms with van der Waals surface area (Å²) < 4.78 is 13.0. The molecular formula is C24H44N2O2Si4. The molecule has 0 spiro atoms. The molecule has 0 aliphatic rings. The van der Waals surface area contributed by atoms with Gasteiger partial charge in [0.05, 0.1) is 11.1 Å². The van der Waals surface area contributed by atoms with Crippen LogP contribution in [0, 0.1) is 22.7 Å². The smallest absolute Gasteiger partial charge is 0.173 e. The Hall–Kier alpha value is -1.01. The zero-order chi connectivity index (χ0) is 24.8. The first-order valence-corrected chi connectivity index (χ1v) is 24.9. The minimum Gasteiger partial charge on any atom is -0.456 e. The quantitative estimate of drug-likeness (QED) is 0.278. The van der Waals surface area contributed by atoms with E-state index < -0.39 is 33.3 Å². The standard InChI is InChI=1S/C24H44N2O2Si4/c1-29(2,3)27-31(7,8)15-11-13-21-17-23(19-25)24(20-26)18-22(21)14-12-16-32(9,10)28-30(4,5)6/h17-18H,11-16H2,1-10H3. The van der Waals surface area contributed by atoms with E-state index in [0.29, 0.717) is 11.1 Å². The SMILES string of the molecule is C[Si](C)(C)O[Si](C)(C)CCCc1cc(C#N)c(C#N)cc1CCC[Si](C)(C)O[Si](C)(C)C. The van der Waals surface area contributed by atoms with Crippen LogP contribution in [0.1, 0.15) is 35.1 Å². The van der Waals surface area contributed by atoms with E-state index in [1.54, 1.807) is 0 Å². The maximum atomic E-state index is 9.52. The van der Waals surface area contributed by atoms with Gasteiger partial charge in [-0.1, -0.05) is 0 Å². The number of nitriles is 2. The highest BCUT2D eigenvalue weighted by Crippen LogP contribution is 2.26. The molecule has 0 aliphatic carbocycles. The molecule has 0 amide bonds. The molecule has 1 aromatic carbocycles. The Bertz CT molecular complexity index is 786. The van der Waals surface area contributed by atoms with Crippen molar-refractivity contribution in [3.8, 4) is 12.1 Å². The first-order chi connectivity index (χ1) is 14.5. The molecule has 4 nitrogen and oxygen atoms in total. The van der Waals surface area contributed by atoms with Crippen LogP contribution in [0.25, 0.3) is 0 Å². The van der Waals surface area contributed by atoms with Crippen LogP contribution in [-0.2, 0) is 21.1 Å². The van der Waals surface area contributed by atoms with Gasteiger partial charge in [0.25, 0.3) is 0 Å². The molecule has 0 N–H and O–H groups in total. The van der Waals surface area contributed by atoms with Gasteiger partial charge in [-0.25, -0.2) is 0 Å². The van der Waals surface area contributed by atoms with Crippen LogP contribution in [0.4, 0.5) is 0 Å². The molecule has 32 heavy (non-hydrogen) atoms. The molecule has 8 heteroatoms. The molecule has 0 aliphatic heterocycles. The summed E-state index contributed by atoms with van der Waals surface area (Å²) >= 11 is 0. The first kappa shape index (κ1) is 29.0. The van der Waals surface area contributed by atoms with Crippen molar-refractivity contribution in [3.05, 3.63) is 34.4 Å². The molecular weight excluding hydrogens is 461 g/mol. The lowest BCUT2D eigenvalue weighted by Crippen LogP contribution is -2.42. The predicted octanol–water partition coefficient (Wildman–Crippen LogP) is 7.41. The molecule has 1 rings (SSSR count). The van der Waals surface area contributed by atoms with Crippen LogP contribution in [0.5, 0.6) is 0 Å². The molecule has 0 aromatic heterocycles. The lowest BCUT2D eigenvalue weighted by Gasteiger charge is -2.32. The highest BCUT2D eigenvalue weighted by molar-refractivity contribution is 6.84. The van der Waals surface area contributed by atoms with E-state index in [9.17, 15) is 10.5 Å². The van der Waals surface area contributed by atoms with Gasteiger partial charge >= 0.3 is 0 Å². The second kappa shape index (κ2) is 11.4. The second-order valence-corrected chi connectivity index (χ2v) is 30.2. The van der Waals surface area contributed by atoms with E-state index in [0.717, 1.165) is 37.8 Å². The molecule has 0 atom stereocenters. The minimum atomic E-state index is -1.69. The highest BCUT2D eigenvalue weighted by atomic mass is 28.4. The molecule has 0 unspecified atom stereocenters. The van der Waals surface area contributed by atoms with Crippen molar-refractivity contribution in [2.75, 3.05) is 0 Å². The maximum absolute atomic E-state index is 9.52. The summed E-state index contributed by atoms with van der Waals surface area (Å²) in [5.74, 6) is 0. The van der Waals surface area contributed by atoms with Gasteiger partial charge in [-0.3, -0.25) is 0 Å². The fourth-order valence-corrected chi connectivity index (χ4v) is 20.6. The summed E-state index contributed by atoms with van der Waals surface area (Å²) in [5.41, 5.74) is 3.45. The third-order valence-corrected chi connectivity index (χ3v) is 17.6. The molecule has 0 radical (unpaired) electrons. The second-order valence-electron chi connectivity index (χ2n) is 12.0. The van der Waals surface area contributed by atoms with E-state index in [-0.39, 0.29) is 0 Å². The van der Waals surface area contributed by atoms with Gasteiger partial charge in [0.15, 0.2) is 33.3 Å². The van der Waals surface area contributed by atoms with E-state index in [4.69, 9.17) is 8.23 Å². The van der Waals surface area contributed by atoms with Crippen LogP contribution < -0.4 is 0 Å². The number of hydrogen-bond acceptors (Lipinski definition) is 4. The number of rotatable bonds is 12. The highest BCUT2D eigenvalue weighted by Gasteiger charge is 2.30. The summed E-state index contributed by atoms with van der Waals surface area (Å²) in [7, 11) is -6.44. The average molecular weight is 505 g/mol. The molecule has 0 heterocycles. The molecule has 0 bridgehead atoms. The van der Waals surface area contributed by atoms with Crippen molar-refractivity contribution in [1.82, 2.24) is 0 Å². The molecule has 1 aromatic rings. The van der Waals surface area contributed by atoms with Gasteiger partial charge in [-0.05, 0) is 127 Å². The number of hydrogen-bond donors (Lipinski definition) is 0. The van der Waals surface area contributed by atoms with Crippen molar-refractivity contribution < 1.29 is 8.23 Å². The number of nitrogens with zero attached hydrogens (tertiary/aromatic N) is 2. The Balaban J connectivity index is 2.94. The fourth-order valence-electron chi connectivity index (χ4n) is 4.51. The van der Waals surface area contributed by atoms with Crippen molar-refractivity contribution in [2.45, 2.75) is 103 Å². The van der Waals surface area contributed by atoms with Gasteiger partial charge in [0.1, 0.15) is 12.1 Å². The van der Waals surface area contributed by atoms with Crippen molar-refractivity contribution >= 4 is 33.3 Å². The van der Waals surface area contributed by atoms with Crippen molar-refractivity contribution in [3.63, 3.8) is 0 Å². The van der Waals surface area contributed by atoms with Crippen molar-refractivity contribution in [1.29, 1.82) is 10.5 Å². The zero-order valence-electron chi connectivity index (χ0n) is 22.1. The molecule has 0 fully saturated rings. The molecule has 178 valence electrons. The summed E-state index contributed by atoms with van der Waals surface area (Å²) in [6, 6.07) is 10.6. The van der Waals surface area contributed by atoms with E-state index in [2.05, 4.69) is 77.6 Å². The monoisotopic (exact) mass is 504 g/mol. The fraction of sp³-hybridized carbons (Fsp3) is 0.667. The average Bonchev–Trinajstić information content (AvgIpc) is 2.57. The van der Waals surface area contributed by atoms with E-state index >= 15 is 0 Å². The van der Waals surface area contributed by atoms with Crippen LogP contribution in [0.15, 0.2) is 12.1 Å². The summed E-state index contributed by atoms with van der Waals surface area (Å²) in [4.78, 5) is 0. The maximum Gasteiger partial charge on any atom is 0.173 e. The number of benzene rings is 1. The third-order valence-electron chi connectivity index (χ3n) is 5.20. The van der Waals surface area contributed by atoms with Gasteiger partial charge in [-0.2, -0.15) is 10.5 Å².